The van der Waals surface area contributed by atoms with Crippen molar-refractivity contribution in [1.82, 2.24) is 24.5 Å². The van der Waals surface area contributed by atoms with Gasteiger partial charge in [-0.05, 0) is 37.6 Å². The molecule has 1 N–H and O–H groups in total. The summed E-state index contributed by atoms with van der Waals surface area (Å²) in [7, 11) is 0. The van der Waals surface area contributed by atoms with E-state index in [1.807, 2.05) is 49.6 Å². The second-order valence-corrected chi connectivity index (χ2v) is 6.63. The molecule has 0 amide bonds. The molecule has 0 atom stereocenters. The fraction of sp³-hybridized carbons (Fsp3) is 0.238. The molecule has 0 aliphatic heterocycles. The summed E-state index contributed by atoms with van der Waals surface area (Å²) < 4.78 is 2.17. The van der Waals surface area contributed by atoms with Crippen LogP contribution >= 0.6 is 0 Å². The molecule has 3 aromatic heterocycles. The highest BCUT2D eigenvalue weighted by Crippen LogP contribution is 2.21. The third kappa shape index (κ3) is 3.51. The van der Waals surface area contributed by atoms with Crippen molar-refractivity contribution >= 4 is 22.8 Å². The molecule has 6 nitrogen and oxygen atoms in total. The van der Waals surface area contributed by atoms with E-state index in [0.29, 0.717) is 12.5 Å². The van der Waals surface area contributed by atoms with Crippen LogP contribution in [0, 0.1) is 13.8 Å². The van der Waals surface area contributed by atoms with Gasteiger partial charge in [-0.15, -0.1) is 0 Å². The molecule has 1 aromatic carbocycles. The number of hydrogen-bond donors (Lipinski definition) is 1. The van der Waals surface area contributed by atoms with Crippen molar-refractivity contribution in [3.05, 3.63) is 71.4 Å². The van der Waals surface area contributed by atoms with Gasteiger partial charge in [-0.25, -0.2) is 19.9 Å². The number of nitrogens with one attached hydrogen (secondary N) is 1. The zero-order valence-electron chi connectivity index (χ0n) is 15.8. The first-order chi connectivity index (χ1) is 13.1. The lowest BCUT2D eigenvalue weighted by molar-refractivity contribution is 0.740. The maximum atomic E-state index is 4.79. The number of imidazole rings is 1. The summed E-state index contributed by atoms with van der Waals surface area (Å²) in [4.78, 5) is 18.4. The summed E-state index contributed by atoms with van der Waals surface area (Å²) in [6, 6.07) is 12.0. The van der Waals surface area contributed by atoms with E-state index in [4.69, 9.17) is 9.97 Å². The number of anilines is 2. The summed E-state index contributed by atoms with van der Waals surface area (Å²) in [5, 5.41) is 3.20. The van der Waals surface area contributed by atoms with Gasteiger partial charge in [-0.1, -0.05) is 25.1 Å². The Morgan fingerprint density at radius 2 is 1.74 bits per heavy atom. The molecule has 136 valence electrons. The number of benzene rings is 1. The predicted octanol–water partition coefficient (Wildman–Crippen LogP) is 4.19. The number of nitrogens with zero attached hydrogens (tertiary/aromatic N) is 5. The van der Waals surface area contributed by atoms with E-state index in [9.17, 15) is 0 Å². The minimum atomic E-state index is 0.584. The normalized spacial score (nSPS) is 11.1. The predicted molar refractivity (Wildman–Crippen MR) is 107 cm³/mol. The minimum Gasteiger partial charge on any atom is -0.324 e. The molecule has 4 aromatic rings. The molecule has 0 saturated carbocycles. The highest BCUT2D eigenvalue weighted by molar-refractivity contribution is 5.76. The molecular weight excluding hydrogens is 336 g/mol. The van der Waals surface area contributed by atoms with Crippen molar-refractivity contribution in [3.63, 3.8) is 0 Å². The molecule has 6 heteroatoms. The van der Waals surface area contributed by atoms with Gasteiger partial charge in [0.1, 0.15) is 11.3 Å². The van der Waals surface area contributed by atoms with E-state index >= 15 is 0 Å². The van der Waals surface area contributed by atoms with Gasteiger partial charge in [-0.2, -0.15) is 0 Å². The SMILES string of the molecule is CCc1nc2c(C)cc(C)nc2n1Cc1cnc(Nc2ccccc2)nc1. The van der Waals surface area contributed by atoms with Gasteiger partial charge in [0.05, 0.1) is 6.54 Å². The molecule has 0 radical (unpaired) electrons. The van der Waals surface area contributed by atoms with Crippen LogP contribution in [0.1, 0.15) is 29.6 Å². The first-order valence-corrected chi connectivity index (χ1v) is 9.10. The van der Waals surface area contributed by atoms with Gasteiger partial charge in [0.25, 0.3) is 0 Å². The topological polar surface area (TPSA) is 68.5 Å². The van der Waals surface area contributed by atoms with Crippen LogP contribution in [-0.4, -0.2) is 24.5 Å². The van der Waals surface area contributed by atoms with Crippen molar-refractivity contribution in [1.29, 1.82) is 0 Å². The van der Waals surface area contributed by atoms with Gasteiger partial charge in [0.2, 0.25) is 5.95 Å². The maximum Gasteiger partial charge on any atom is 0.227 e. The highest BCUT2D eigenvalue weighted by Gasteiger charge is 2.14. The van der Waals surface area contributed by atoms with E-state index < -0.39 is 0 Å². The van der Waals surface area contributed by atoms with Gasteiger partial charge in [0.15, 0.2) is 5.65 Å². The van der Waals surface area contributed by atoms with Crippen molar-refractivity contribution in [2.24, 2.45) is 0 Å². The summed E-state index contributed by atoms with van der Waals surface area (Å²) in [5.74, 6) is 1.61. The lowest BCUT2D eigenvalue weighted by Crippen LogP contribution is -2.07. The van der Waals surface area contributed by atoms with Crippen molar-refractivity contribution < 1.29 is 0 Å². The minimum absolute atomic E-state index is 0.584. The molecule has 0 aliphatic rings. The van der Waals surface area contributed by atoms with Crippen LogP contribution in [-0.2, 0) is 13.0 Å². The average molecular weight is 358 g/mol. The van der Waals surface area contributed by atoms with Gasteiger partial charge in [-0.3, -0.25) is 0 Å². The molecule has 0 aliphatic carbocycles. The van der Waals surface area contributed by atoms with Crippen LogP contribution in [0.2, 0.25) is 0 Å². The number of para-hydroxylation sites is 1. The summed E-state index contributed by atoms with van der Waals surface area (Å²) >= 11 is 0. The van der Waals surface area contributed by atoms with Crippen molar-refractivity contribution in [2.45, 2.75) is 33.7 Å². The molecule has 4 rings (SSSR count). The second kappa shape index (κ2) is 7.15. The molecule has 3 heterocycles. The standard InChI is InChI=1S/C21H22N6/c1-4-18-26-19-14(2)10-15(3)24-20(19)27(18)13-16-11-22-21(23-12-16)25-17-8-6-5-7-9-17/h5-12H,4,13H2,1-3H3,(H,22,23,25). The summed E-state index contributed by atoms with van der Waals surface area (Å²) in [6.45, 7) is 6.87. The smallest absolute Gasteiger partial charge is 0.227 e. The Bertz CT molecular complexity index is 1070. The Morgan fingerprint density at radius 1 is 1.00 bits per heavy atom. The molecule has 27 heavy (non-hydrogen) atoms. The van der Waals surface area contributed by atoms with Crippen LogP contribution in [0.5, 0.6) is 0 Å². The van der Waals surface area contributed by atoms with Crippen LogP contribution in [0.15, 0.2) is 48.8 Å². The summed E-state index contributed by atoms with van der Waals surface area (Å²) in [6.07, 6.45) is 4.56. The van der Waals surface area contributed by atoms with Gasteiger partial charge in [0, 0.05) is 35.8 Å². The number of hydrogen-bond acceptors (Lipinski definition) is 5. The molecule has 0 saturated heterocycles. The largest absolute Gasteiger partial charge is 0.324 e. The molecule has 0 fully saturated rings. The maximum absolute atomic E-state index is 4.79. The Morgan fingerprint density at radius 3 is 2.44 bits per heavy atom. The zero-order valence-corrected chi connectivity index (χ0v) is 15.8. The van der Waals surface area contributed by atoms with E-state index in [1.165, 1.54) is 0 Å². The number of pyridine rings is 1. The average Bonchev–Trinajstić information content (AvgIpc) is 3.02. The van der Waals surface area contributed by atoms with Gasteiger partial charge < -0.3 is 9.88 Å². The van der Waals surface area contributed by atoms with Crippen LogP contribution in [0.3, 0.4) is 0 Å². The molecule has 0 bridgehead atoms. The van der Waals surface area contributed by atoms with Gasteiger partial charge >= 0.3 is 0 Å². The Kier molecular flexibility index (Phi) is 4.54. The van der Waals surface area contributed by atoms with E-state index in [1.54, 1.807) is 0 Å². The lowest BCUT2D eigenvalue weighted by atomic mass is 10.2. The van der Waals surface area contributed by atoms with Crippen molar-refractivity contribution in [3.8, 4) is 0 Å². The molecule has 0 spiro atoms. The summed E-state index contributed by atoms with van der Waals surface area (Å²) in [5.41, 5.74) is 6.04. The monoisotopic (exact) mass is 358 g/mol. The second-order valence-electron chi connectivity index (χ2n) is 6.63. The lowest BCUT2D eigenvalue weighted by Gasteiger charge is -2.09. The van der Waals surface area contributed by atoms with E-state index in [0.717, 1.165) is 45.9 Å². The first kappa shape index (κ1) is 17.1. The Labute approximate surface area is 158 Å². The van der Waals surface area contributed by atoms with Crippen LogP contribution in [0.4, 0.5) is 11.6 Å². The number of aromatic nitrogens is 5. The molecule has 0 unspecified atom stereocenters. The first-order valence-electron chi connectivity index (χ1n) is 9.10. The third-order valence-corrected chi connectivity index (χ3v) is 4.49. The Hall–Kier alpha value is -3.28. The zero-order chi connectivity index (χ0) is 18.8. The van der Waals surface area contributed by atoms with Crippen LogP contribution in [0.25, 0.3) is 11.2 Å². The molecular formula is C21H22N6. The van der Waals surface area contributed by atoms with Crippen molar-refractivity contribution in [2.75, 3.05) is 5.32 Å². The fourth-order valence-electron chi connectivity index (χ4n) is 3.22. The Balaban J connectivity index is 1.62. The highest BCUT2D eigenvalue weighted by atomic mass is 15.1. The number of fused-ring (bicyclic) bond motifs is 1. The quantitative estimate of drug-likeness (QED) is 0.579. The van der Waals surface area contributed by atoms with E-state index in [-0.39, 0.29) is 0 Å². The third-order valence-electron chi connectivity index (χ3n) is 4.49. The van der Waals surface area contributed by atoms with Crippen LogP contribution < -0.4 is 5.32 Å². The number of aryl methyl sites for hydroxylation is 3. The number of rotatable bonds is 5. The fourth-order valence-corrected chi connectivity index (χ4v) is 3.22. The van der Waals surface area contributed by atoms with E-state index in [2.05, 4.69) is 39.8 Å².